The molecule has 0 amide bonds. The van der Waals surface area contributed by atoms with E-state index >= 15 is 0 Å². The molecular formula is C13H11ClOS3. The molecule has 0 N–H and O–H groups in total. The molecule has 0 unspecified atom stereocenters. The maximum Gasteiger partial charge on any atom is 0.177 e. The molecule has 0 radical (unpaired) electrons. The molecule has 0 saturated heterocycles. The van der Waals surface area contributed by atoms with Crippen molar-refractivity contribution < 1.29 is 4.79 Å². The van der Waals surface area contributed by atoms with Crippen LogP contribution in [0.15, 0.2) is 18.2 Å². The van der Waals surface area contributed by atoms with Gasteiger partial charge in [0.25, 0.3) is 0 Å². The second-order valence-corrected chi connectivity index (χ2v) is 8.21. The smallest absolute Gasteiger partial charge is 0.177 e. The predicted octanol–water partition coefficient (Wildman–Crippen LogP) is 4.68. The van der Waals surface area contributed by atoms with Crippen LogP contribution in [0.3, 0.4) is 0 Å². The molecule has 0 aromatic carbocycles. The number of thioether (sulfide) groups is 1. The third kappa shape index (κ3) is 2.67. The standard InChI is InChI=1S/C13H11ClOS3/c14-13-2-1-9(17-13)6-10(15)12-5-8-7-16-4-3-11(8)18-12/h1-2,5H,3-4,6-7H2. The van der Waals surface area contributed by atoms with Crippen molar-refractivity contribution in [2.24, 2.45) is 0 Å². The van der Waals surface area contributed by atoms with Gasteiger partial charge in [0.05, 0.1) is 9.21 Å². The molecule has 18 heavy (non-hydrogen) atoms. The van der Waals surface area contributed by atoms with E-state index in [9.17, 15) is 4.79 Å². The van der Waals surface area contributed by atoms with Crippen molar-refractivity contribution in [3.05, 3.63) is 42.7 Å². The number of hydrogen-bond acceptors (Lipinski definition) is 4. The van der Waals surface area contributed by atoms with E-state index in [0.29, 0.717) is 6.42 Å². The molecule has 1 aliphatic rings. The predicted molar refractivity (Wildman–Crippen MR) is 81.5 cm³/mol. The third-order valence-corrected chi connectivity index (χ3v) is 6.38. The van der Waals surface area contributed by atoms with E-state index in [1.165, 1.54) is 27.5 Å². The van der Waals surface area contributed by atoms with E-state index in [2.05, 4.69) is 6.07 Å². The average molecular weight is 315 g/mol. The summed E-state index contributed by atoms with van der Waals surface area (Å²) in [7, 11) is 0. The first-order chi connectivity index (χ1) is 8.72. The highest BCUT2D eigenvalue weighted by Crippen LogP contribution is 2.32. The number of aryl methyl sites for hydroxylation is 1. The van der Waals surface area contributed by atoms with Gasteiger partial charge < -0.3 is 0 Å². The van der Waals surface area contributed by atoms with E-state index in [-0.39, 0.29) is 5.78 Å². The molecule has 5 heteroatoms. The number of ketones is 1. The summed E-state index contributed by atoms with van der Waals surface area (Å²) in [6.07, 6.45) is 1.59. The minimum atomic E-state index is 0.220. The Morgan fingerprint density at radius 1 is 1.33 bits per heavy atom. The highest BCUT2D eigenvalue weighted by Gasteiger charge is 2.18. The van der Waals surface area contributed by atoms with Gasteiger partial charge in [0, 0.05) is 21.9 Å². The van der Waals surface area contributed by atoms with Crippen LogP contribution < -0.4 is 0 Å². The van der Waals surface area contributed by atoms with Crippen LogP contribution in [0.25, 0.3) is 0 Å². The molecule has 0 spiro atoms. The fraction of sp³-hybridized carbons (Fsp3) is 0.308. The van der Waals surface area contributed by atoms with Crippen LogP contribution in [0.4, 0.5) is 0 Å². The van der Waals surface area contributed by atoms with Crippen LogP contribution in [0.1, 0.15) is 25.0 Å². The van der Waals surface area contributed by atoms with E-state index in [4.69, 9.17) is 11.6 Å². The van der Waals surface area contributed by atoms with E-state index in [0.717, 1.165) is 26.3 Å². The second-order valence-electron chi connectivity index (χ2n) is 4.17. The van der Waals surface area contributed by atoms with E-state index in [1.807, 2.05) is 23.9 Å². The largest absolute Gasteiger partial charge is 0.293 e. The average Bonchev–Trinajstić information content (AvgIpc) is 2.95. The highest BCUT2D eigenvalue weighted by atomic mass is 35.5. The highest BCUT2D eigenvalue weighted by molar-refractivity contribution is 7.98. The molecule has 0 aliphatic carbocycles. The van der Waals surface area contributed by atoms with Gasteiger partial charge in [-0.25, -0.2) is 0 Å². The van der Waals surface area contributed by atoms with Gasteiger partial charge >= 0.3 is 0 Å². The Labute approximate surface area is 123 Å². The lowest BCUT2D eigenvalue weighted by Gasteiger charge is -2.08. The first kappa shape index (κ1) is 12.7. The number of carbonyl (C=O) groups is 1. The molecule has 3 heterocycles. The number of hydrogen-bond donors (Lipinski definition) is 0. The van der Waals surface area contributed by atoms with Crippen molar-refractivity contribution >= 4 is 51.8 Å². The third-order valence-electron chi connectivity index (χ3n) is 2.87. The number of thiophene rings is 2. The molecule has 1 aliphatic heterocycles. The molecule has 0 fully saturated rings. The Morgan fingerprint density at radius 3 is 2.94 bits per heavy atom. The van der Waals surface area contributed by atoms with Crippen molar-refractivity contribution in [3.8, 4) is 0 Å². The molecule has 0 atom stereocenters. The van der Waals surface area contributed by atoms with Crippen molar-refractivity contribution in [1.29, 1.82) is 0 Å². The van der Waals surface area contributed by atoms with Crippen molar-refractivity contribution in [2.45, 2.75) is 18.6 Å². The summed E-state index contributed by atoms with van der Waals surface area (Å²) < 4.78 is 0.750. The second kappa shape index (κ2) is 5.37. The first-order valence-electron chi connectivity index (χ1n) is 5.69. The van der Waals surface area contributed by atoms with Crippen LogP contribution in [0, 0.1) is 0 Å². The molecule has 3 rings (SSSR count). The summed E-state index contributed by atoms with van der Waals surface area (Å²) in [5.41, 5.74) is 1.36. The summed E-state index contributed by atoms with van der Waals surface area (Å²) in [5.74, 6) is 2.46. The summed E-state index contributed by atoms with van der Waals surface area (Å²) in [4.78, 5) is 15.6. The van der Waals surface area contributed by atoms with E-state index < -0.39 is 0 Å². The van der Waals surface area contributed by atoms with Crippen molar-refractivity contribution in [3.63, 3.8) is 0 Å². The molecular weight excluding hydrogens is 304 g/mol. The zero-order valence-corrected chi connectivity index (χ0v) is 12.8. The summed E-state index contributed by atoms with van der Waals surface area (Å²) in [6.45, 7) is 0. The Hall–Kier alpha value is -0.290. The Morgan fingerprint density at radius 2 is 2.22 bits per heavy atom. The zero-order valence-electron chi connectivity index (χ0n) is 9.57. The molecule has 94 valence electrons. The molecule has 2 aromatic rings. The molecule has 2 aromatic heterocycles. The SMILES string of the molecule is O=C(Cc1ccc(Cl)s1)c1cc2c(s1)CCSC2. The molecule has 0 saturated carbocycles. The van der Waals surface area contributed by atoms with Gasteiger partial charge in [0.1, 0.15) is 0 Å². The van der Waals surface area contributed by atoms with Gasteiger partial charge in [-0.2, -0.15) is 11.8 Å². The number of carbonyl (C=O) groups excluding carboxylic acids is 1. The maximum atomic E-state index is 12.2. The lowest BCUT2D eigenvalue weighted by atomic mass is 10.1. The first-order valence-corrected chi connectivity index (χ1v) is 8.85. The van der Waals surface area contributed by atoms with E-state index in [1.54, 1.807) is 11.3 Å². The molecule has 1 nitrogen and oxygen atoms in total. The van der Waals surface area contributed by atoms with Gasteiger partial charge in [-0.05, 0) is 35.9 Å². The quantitative estimate of drug-likeness (QED) is 0.765. The van der Waals surface area contributed by atoms with Gasteiger partial charge in [-0.1, -0.05) is 11.6 Å². The number of halogens is 1. The normalized spacial score (nSPS) is 14.5. The molecule has 0 bridgehead atoms. The minimum absolute atomic E-state index is 0.220. The summed E-state index contributed by atoms with van der Waals surface area (Å²) in [5, 5.41) is 0. The maximum absolute atomic E-state index is 12.2. The number of fused-ring (bicyclic) bond motifs is 1. The van der Waals surface area contributed by atoms with Gasteiger partial charge in [-0.15, -0.1) is 22.7 Å². The van der Waals surface area contributed by atoms with Crippen molar-refractivity contribution in [1.82, 2.24) is 0 Å². The van der Waals surface area contributed by atoms with Crippen LogP contribution in [0.5, 0.6) is 0 Å². The Kier molecular flexibility index (Phi) is 3.80. The van der Waals surface area contributed by atoms with Gasteiger partial charge in [-0.3, -0.25) is 4.79 Å². The fourth-order valence-electron chi connectivity index (χ4n) is 1.98. The monoisotopic (exact) mass is 314 g/mol. The lowest BCUT2D eigenvalue weighted by molar-refractivity contribution is 0.0997. The summed E-state index contributed by atoms with van der Waals surface area (Å²) in [6, 6.07) is 5.88. The number of Topliss-reactive ketones (excluding diaryl/α,β-unsaturated/α-hetero) is 1. The number of rotatable bonds is 3. The zero-order chi connectivity index (χ0) is 12.5. The topological polar surface area (TPSA) is 17.1 Å². The van der Waals surface area contributed by atoms with Gasteiger partial charge in [0.2, 0.25) is 0 Å². The van der Waals surface area contributed by atoms with Crippen molar-refractivity contribution in [2.75, 3.05) is 5.75 Å². The lowest BCUT2D eigenvalue weighted by Crippen LogP contribution is -1.99. The minimum Gasteiger partial charge on any atom is -0.293 e. The van der Waals surface area contributed by atoms with Crippen LogP contribution in [-0.4, -0.2) is 11.5 Å². The summed E-state index contributed by atoms with van der Waals surface area (Å²) >= 11 is 11.0. The fourth-order valence-corrected chi connectivity index (χ4v) is 5.37. The van der Waals surface area contributed by atoms with Crippen LogP contribution in [-0.2, 0) is 18.6 Å². The Balaban J connectivity index is 1.78. The van der Waals surface area contributed by atoms with Gasteiger partial charge in [0.15, 0.2) is 5.78 Å². The van der Waals surface area contributed by atoms with Crippen LogP contribution in [0.2, 0.25) is 4.34 Å². The van der Waals surface area contributed by atoms with Crippen LogP contribution >= 0.6 is 46.0 Å². The Bertz CT molecular complexity index is 561.